The monoisotopic (exact) mass is 608 g/mol. The van der Waals surface area contributed by atoms with Crippen LogP contribution in [0.2, 0.25) is 20.1 Å². The van der Waals surface area contributed by atoms with Gasteiger partial charge in [0.05, 0.1) is 0 Å². The first-order chi connectivity index (χ1) is 18.4. The minimum absolute atomic E-state index is 0.0446. The molecule has 0 aliphatic rings. The first-order valence-electron chi connectivity index (χ1n) is 11.7. The van der Waals surface area contributed by atoms with Crippen molar-refractivity contribution < 1.29 is 25.2 Å². The second-order valence-corrected chi connectivity index (χ2v) is 10.2. The van der Waals surface area contributed by atoms with Crippen LogP contribution >= 0.6 is 46.4 Å². The molecule has 2 atom stereocenters. The molecular weight excluding hydrogens is 582 g/mol. The van der Waals surface area contributed by atoms with E-state index in [9.17, 15) is 15.3 Å². The quantitative estimate of drug-likeness (QED) is 0.173. The van der Waals surface area contributed by atoms with Crippen LogP contribution in [-0.2, 0) is 4.79 Å². The van der Waals surface area contributed by atoms with Crippen LogP contribution in [0.15, 0.2) is 72.8 Å². The number of carbonyl (C=O) groups excluding carboxylic acids is 1. The van der Waals surface area contributed by atoms with Crippen molar-refractivity contribution >= 4 is 52.7 Å². The summed E-state index contributed by atoms with van der Waals surface area (Å²) >= 11 is 24.0. The normalized spacial score (nSPS) is 11.8. The topological polar surface area (TPSA) is 98.0 Å². The number of halogens is 4. The van der Waals surface area contributed by atoms with Gasteiger partial charge in [-0.05, 0) is 79.7 Å². The molecule has 0 aliphatic heterocycles. The van der Waals surface area contributed by atoms with Crippen molar-refractivity contribution in [3.8, 4) is 23.0 Å². The van der Waals surface area contributed by atoms with Crippen LogP contribution in [0.25, 0.3) is 0 Å². The Balaban J connectivity index is 0.000000405. The Morgan fingerprint density at radius 1 is 0.564 bits per heavy atom. The zero-order valence-electron chi connectivity index (χ0n) is 21.4. The minimum atomic E-state index is -0.365. The van der Waals surface area contributed by atoms with Crippen LogP contribution in [0.3, 0.4) is 0 Å². The summed E-state index contributed by atoms with van der Waals surface area (Å²) in [6, 6.07) is 19.2. The van der Waals surface area contributed by atoms with Gasteiger partial charge in [-0.3, -0.25) is 0 Å². The summed E-state index contributed by atoms with van der Waals surface area (Å²) in [6.07, 6.45) is 0.750. The van der Waals surface area contributed by atoms with Gasteiger partial charge in [0.2, 0.25) is 0 Å². The summed E-state index contributed by atoms with van der Waals surface area (Å²) in [4.78, 5) is 8.81. The molecular formula is C30H28Cl4O5. The molecule has 206 valence electrons. The van der Waals surface area contributed by atoms with Crippen molar-refractivity contribution in [1.82, 2.24) is 0 Å². The Kier molecular flexibility index (Phi) is 12.3. The third-order valence-corrected chi connectivity index (χ3v) is 6.75. The molecule has 9 heteroatoms. The van der Waals surface area contributed by atoms with Gasteiger partial charge in [0.15, 0.2) is 0 Å². The molecule has 0 spiro atoms. The highest BCUT2D eigenvalue weighted by molar-refractivity contribution is 6.31. The van der Waals surface area contributed by atoms with E-state index < -0.39 is 0 Å². The van der Waals surface area contributed by atoms with Crippen LogP contribution in [-0.4, -0.2) is 26.7 Å². The summed E-state index contributed by atoms with van der Waals surface area (Å²) in [5.74, 6) is -0.276. The molecule has 4 rings (SSSR count). The van der Waals surface area contributed by atoms with E-state index in [0.717, 1.165) is 6.29 Å². The van der Waals surface area contributed by atoms with Crippen molar-refractivity contribution in [2.75, 3.05) is 0 Å². The molecule has 0 radical (unpaired) electrons. The maximum Gasteiger partial charge on any atom is 0.123 e. The highest BCUT2D eigenvalue weighted by Gasteiger charge is 2.24. The van der Waals surface area contributed by atoms with Gasteiger partial charge in [-0.15, -0.1) is 0 Å². The van der Waals surface area contributed by atoms with Crippen molar-refractivity contribution in [2.45, 2.75) is 32.6 Å². The molecule has 4 aromatic rings. The number of hydrogen-bond donors (Lipinski definition) is 4. The lowest BCUT2D eigenvalue weighted by molar-refractivity contribution is -0.106. The molecule has 4 aromatic carbocycles. The van der Waals surface area contributed by atoms with E-state index in [0.29, 0.717) is 42.3 Å². The van der Waals surface area contributed by atoms with Crippen LogP contribution in [0.1, 0.15) is 54.9 Å². The molecule has 0 heterocycles. The molecule has 5 nitrogen and oxygen atoms in total. The second-order valence-electron chi connectivity index (χ2n) is 8.49. The lowest BCUT2D eigenvalue weighted by atomic mass is 9.85. The second kappa shape index (κ2) is 14.9. The van der Waals surface area contributed by atoms with Gasteiger partial charge in [0, 0.05) is 54.2 Å². The Labute approximate surface area is 247 Å². The number of carbonyl (C=O) groups is 1. The Hall–Kier alpha value is -3.09. The molecule has 0 saturated carbocycles. The minimum Gasteiger partial charge on any atom is -0.508 e. The molecule has 0 bridgehead atoms. The van der Waals surface area contributed by atoms with E-state index in [2.05, 4.69) is 0 Å². The number of rotatable bonds is 4. The molecule has 0 amide bonds. The fourth-order valence-electron chi connectivity index (χ4n) is 3.82. The lowest BCUT2D eigenvalue weighted by Gasteiger charge is -2.22. The molecule has 2 unspecified atom stereocenters. The van der Waals surface area contributed by atoms with Gasteiger partial charge in [0.25, 0.3) is 0 Å². The number of hydrogen-bond acceptors (Lipinski definition) is 5. The molecule has 0 aromatic heterocycles. The fraction of sp³-hybridized carbons (Fsp3) is 0.167. The SMILES string of the molecule is CC(c1cc(Cl)ccc1O)c1cc(Cl)cc(C(C)c2cc(Cl)ccc2O)c1O.CC=O.Oc1ccc(Cl)cc1. The summed E-state index contributed by atoms with van der Waals surface area (Å²) in [6.45, 7) is 5.14. The number of aldehydes is 1. The summed E-state index contributed by atoms with van der Waals surface area (Å²) < 4.78 is 0. The third-order valence-electron chi connectivity index (χ3n) is 5.81. The van der Waals surface area contributed by atoms with Crippen molar-refractivity contribution in [1.29, 1.82) is 0 Å². The number of phenolic OH excluding ortho intramolecular Hbond substituents is 4. The van der Waals surface area contributed by atoms with E-state index in [-0.39, 0.29) is 34.8 Å². The number of benzene rings is 4. The van der Waals surface area contributed by atoms with Gasteiger partial charge < -0.3 is 25.2 Å². The van der Waals surface area contributed by atoms with Crippen LogP contribution in [0.5, 0.6) is 23.0 Å². The average molecular weight is 610 g/mol. The van der Waals surface area contributed by atoms with Crippen molar-refractivity contribution in [3.05, 3.63) is 115 Å². The van der Waals surface area contributed by atoms with Gasteiger partial charge >= 0.3 is 0 Å². The maximum atomic E-state index is 11.0. The Morgan fingerprint density at radius 3 is 1.26 bits per heavy atom. The van der Waals surface area contributed by atoms with Crippen LogP contribution in [0, 0.1) is 0 Å². The Morgan fingerprint density at radius 2 is 0.897 bits per heavy atom. The van der Waals surface area contributed by atoms with Crippen molar-refractivity contribution in [3.63, 3.8) is 0 Å². The van der Waals surface area contributed by atoms with Crippen LogP contribution in [0.4, 0.5) is 0 Å². The number of phenols is 4. The zero-order chi connectivity index (χ0) is 29.3. The zero-order valence-corrected chi connectivity index (χ0v) is 24.4. The molecule has 0 aliphatic carbocycles. The predicted octanol–water partition coefficient (Wildman–Crippen LogP) is 9.32. The summed E-state index contributed by atoms with van der Waals surface area (Å²) in [7, 11) is 0. The third kappa shape index (κ3) is 8.97. The van der Waals surface area contributed by atoms with E-state index in [4.69, 9.17) is 56.3 Å². The van der Waals surface area contributed by atoms with E-state index in [1.165, 1.54) is 19.1 Å². The Bertz CT molecular complexity index is 1310. The molecule has 0 fully saturated rings. The number of aromatic hydroxyl groups is 4. The average Bonchev–Trinajstić information content (AvgIpc) is 2.90. The summed E-state index contributed by atoms with van der Waals surface area (Å²) in [5, 5.41) is 42.2. The predicted molar refractivity (Wildman–Crippen MR) is 159 cm³/mol. The maximum absolute atomic E-state index is 11.0. The van der Waals surface area contributed by atoms with Gasteiger partial charge in [-0.1, -0.05) is 60.3 Å². The molecule has 39 heavy (non-hydrogen) atoms. The lowest BCUT2D eigenvalue weighted by Crippen LogP contribution is -2.03. The van der Waals surface area contributed by atoms with Crippen LogP contribution < -0.4 is 0 Å². The molecule has 0 saturated heterocycles. The van der Waals surface area contributed by atoms with Gasteiger partial charge in [-0.25, -0.2) is 0 Å². The smallest absolute Gasteiger partial charge is 0.123 e. The summed E-state index contributed by atoms with van der Waals surface area (Å²) in [5.41, 5.74) is 2.26. The highest BCUT2D eigenvalue weighted by Crippen LogP contribution is 2.44. The largest absolute Gasteiger partial charge is 0.508 e. The van der Waals surface area contributed by atoms with E-state index >= 15 is 0 Å². The van der Waals surface area contributed by atoms with Crippen molar-refractivity contribution in [2.24, 2.45) is 0 Å². The first-order valence-corrected chi connectivity index (χ1v) is 13.2. The standard InChI is InChI=1S/C22H19Cl3O3.C6H5ClO.C2H4O/c1-11(16-7-13(23)3-5-20(16)26)18-9-15(25)10-19(22(18)28)12(2)17-8-14(24)4-6-21(17)27;7-5-1-3-6(8)4-2-5;1-2-3/h3-12,26-28H,1-2H3;1-4,8H;2H,1H3. The van der Waals surface area contributed by atoms with Gasteiger partial charge in [-0.2, -0.15) is 0 Å². The highest BCUT2D eigenvalue weighted by atomic mass is 35.5. The molecule has 4 N–H and O–H groups in total. The van der Waals surface area contributed by atoms with E-state index in [1.54, 1.807) is 60.7 Å². The van der Waals surface area contributed by atoms with E-state index in [1.807, 2.05) is 13.8 Å². The first kappa shape index (κ1) is 32.1. The van der Waals surface area contributed by atoms with Gasteiger partial charge in [0.1, 0.15) is 29.3 Å². The fourth-order valence-corrected chi connectivity index (χ4v) is 4.55.